The van der Waals surface area contributed by atoms with E-state index in [1.54, 1.807) is 0 Å². The lowest BCUT2D eigenvalue weighted by molar-refractivity contribution is 0.810. The predicted octanol–water partition coefficient (Wildman–Crippen LogP) is 3.91. The third-order valence-electron chi connectivity index (χ3n) is 1.19. The SMILES string of the molecule is CC/C=C(/I)CCCC. The Morgan fingerprint density at radius 3 is 2.56 bits per heavy atom. The Morgan fingerprint density at radius 1 is 1.44 bits per heavy atom. The minimum absolute atomic E-state index is 1.18. The van der Waals surface area contributed by atoms with E-state index in [9.17, 15) is 0 Å². The van der Waals surface area contributed by atoms with Crippen molar-refractivity contribution >= 4 is 22.6 Å². The molecular formula is C8H15I. The van der Waals surface area contributed by atoms with Crippen LogP contribution in [0.1, 0.15) is 39.5 Å². The van der Waals surface area contributed by atoms with E-state index in [1.807, 2.05) is 0 Å². The molecular weight excluding hydrogens is 223 g/mol. The molecule has 0 aliphatic rings. The number of halogens is 1. The first kappa shape index (κ1) is 9.47. The van der Waals surface area contributed by atoms with Gasteiger partial charge in [-0.15, -0.1) is 0 Å². The van der Waals surface area contributed by atoms with Crippen LogP contribution in [0.25, 0.3) is 0 Å². The van der Waals surface area contributed by atoms with Gasteiger partial charge in [0.2, 0.25) is 0 Å². The van der Waals surface area contributed by atoms with Crippen LogP contribution in [0.3, 0.4) is 0 Å². The molecule has 0 N–H and O–H groups in total. The minimum atomic E-state index is 1.18. The van der Waals surface area contributed by atoms with E-state index in [-0.39, 0.29) is 0 Å². The molecule has 0 radical (unpaired) electrons. The van der Waals surface area contributed by atoms with E-state index in [0.717, 1.165) is 0 Å². The molecule has 54 valence electrons. The highest BCUT2D eigenvalue weighted by Crippen LogP contribution is 2.14. The van der Waals surface area contributed by atoms with Crippen LogP contribution in [0.15, 0.2) is 9.66 Å². The Hall–Kier alpha value is 0.470. The van der Waals surface area contributed by atoms with Crippen LogP contribution in [-0.4, -0.2) is 0 Å². The van der Waals surface area contributed by atoms with E-state index in [4.69, 9.17) is 0 Å². The van der Waals surface area contributed by atoms with Gasteiger partial charge in [0.15, 0.2) is 0 Å². The maximum absolute atomic E-state index is 2.43. The van der Waals surface area contributed by atoms with E-state index in [2.05, 4.69) is 42.5 Å². The van der Waals surface area contributed by atoms with Gasteiger partial charge in [0.05, 0.1) is 0 Å². The van der Waals surface area contributed by atoms with E-state index in [0.29, 0.717) is 0 Å². The Morgan fingerprint density at radius 2 is 2.11 bits per heavy atom. The van der Waals surface area contributed by atoms with E-state index < -0.39 is 0 Å². The van der Waals surface area contributed by atoms with Gasteiger partial charge in [-0.3, -0.25) is 0 Å². The fourth-order valence-electron chi connectivity index (χ4n) is 0.669. The molecule has 0 amide bonds. The standard InChI is InChI=1S/C8H15I/c1-3-5-7-8(9)6-4-2/h6H,3-5,7H2,1-2H3/b8-6+. The molecule has 0 saturated heterocycles. The zero-order valence-corrected chi connectivity index (χ0v) is 8.44. The number of hydrogen-bond acceptors (Lipinski definition) is 0. The summed E-state index contributed by atoms with van der Waals surface area (Å²) in [5.41, 5.74) is 0. The number of unbranched alkanes of at least 4 members (excludes halogenated alkanes) is 1. The van der Waals surface area contributed by atoms with Crippen molar-refractivity contribution < 1.29 is 0 Å². The number of hydrogen-bond donors (Lipinski definition) is 0. The van der Waals surface area contributed by atoms with Gasteiger partial charge in [-0.2, -0.15) is 0 Å². The summed E-state index contributed by atoms with van der Waals surface area (Å²) in [7, 11) is 0. The van der Waals surface area contributed by atoms with Crippen LogP contribution >= 0.6 is 22.6 Å². The lowest BCUT2D eigenvalue weighted by Gasteiger charge is -1.94. The van der Waals surface area contributed by atoms with Crippen molar-refractivity contribution in [2.45, 2.75) is 39.5 Å². The molecule has 0 rings (SSSR count). The topological polar surface area (TPSA) is 0 Å². The highest BCUT2D eigenvalue weighted by atomic mass is 127. The molecule has 0 aliphatic heterocycles. The van der Waals surface area contributed by atoms with Crippen molar-refractivity contribution in [1.29, 1.82) is 0 Å². The molecule has 0 aromatic heterocycles. The average molecular weight is 238 g/mol. The van der Waals surface area contributed by atoms with Crippen molar-refractivity contribution in [1.82, 2.24) is 0 Å². The summed E-state index contributed by atoms with van der Waals surface area (Å²) in [4.78, 5) is 0. The van der Waals surface area contributed by atoms with Crippen LogP contribution < -0.4 is 0 Å². The molecule has 0 heterocycles. The highest BCUT2D eigenvalue weighted by molar-refractivity contribution is 14.1. The summed E-state index contributed by atoms with van der Waals surface area (Å²) in [6.45, 7) is 4.42. The van der Waals surface area contributed by atoms with Crippen molar-refractivity contribution in [2.24, 2.45) is 0 Å². The summed E-state index contributed by atoms with van der Waals surface area (Å²) in [5.74, 6) is 0. The predicted molar refractivity (Wildman–Crippen MR) is 51.9 cm³/mol. The molecule has 0 spiro atoms. The molecule has 0 atom stereocenters. The molecule has 0 saturated carbocycles. The summed E-state index contributed by atoms with van der Waals surface area (Å²) in [6.07, 6.45) is 7.42. The molecule has 0 nitrogen and oxygen atoms in total. The van der Waals surface area contributed by atoms with Crippen LogP contribution in [0.4, 0.5) is 0 Å². The smallest absolute Gasteiger partial charge is 0.0134 e. The van der Waals surface area contributed by atoms with Crippen LogP contribution in [0.5, 0.6) is 0 Å². The number of rotatable bonds is 4. The van der Waals surface area contributed by atoms with E-state index >= 15 is 0 Å². The van der Waals surface area contributed by atoms with E-state index in [1.165, 1.54) is 29.3 Å². The van der Waals surface area contributed by atoms with Gasteiger partial charge in [0, 0.05) is 0 Å². The van der Waals surface area contributed by atoms with Crippen molar-refractivity contribution in [2.75, 3.05) is 0 Å². The van der Waals surface area contributed by atoms with Crippen molar-refractivity contribution in [3.05, 3.63) is 9.66 Å². The lowest BCUT2D eigenvalue weighted by Crippen LogP contribution is -1.72. The lowest BCUT2D eigenvalue weighted by atomic mass is 10.2. The van der Waals surface area contributed by atoms with Gasteiger partial charge in [-0.25, -0.2) is 0 Å². The quantitative estimate of drug-likeness (QED) is 0.651. The second-order valence-electron chi connectivity index (χ2n) is 2.16. The molecule has 0 aromatic carbocycles. The summed E-state index contributed by atoms with van der Waals surface area (Å²) < 4.78 is 1.52. The molecule has 0 aromatic rings. The third-order valence-corrected chi connectivity index (χ3v) is 2.17. The first-order valence-electron chi connectivity index (χ1n) is 3.65. The first-order chi connectivity index (χ1) is 4.31. The van der Waals surface area contributed by atoms with Crippen LogP contribution in [0.2, 0.25) is 0 Å². The average Bonchev–Trinajstić information content (AvgIpc) is 1.85. The van der Waals surface area contributed by atoms with Gasteiger partial charge in [-0.05, 0) is 45.4 Å². The Kier molecular flexibility index (Phi) is 6.93. The molecule has 0 bridgehead atoms. The van der Waals surface area contributed by atoms with Gasteiger partial charge < -0.3 is 0 Å². The normalized spacial score (nSPS) is 12.1. The van der Waals surface area contributed by atoms with Gasteiger partial charge in [0.25, 0.3) is 0 Å². The first-order valence-corrected chi connectivity index (χ1v) is 4.73. The second kappa shape index (κ2) is 6.59. The fourth-order valence-corrected chi connectivity index (χ4v) is 1.49. The highest BCUT2D eigenvalue weighted by Gasteiger charge is 1.87. The Balaban J connectivity index is 3.25. The molecule has 0 aliphatic carbocycles. The second-order valence-corrected chi connectivity index (χ2v) is 3.55. The third kappa shape index (κ3) is 6.35. The zero-order valence-electron chi connectivity index (χ0n) is 6.28. The molecule has 9 heavy (non-hydrogen) atoms. The molecule has 1 heteroatoms. The fraction of sp³-hybridized carbons (Fsp3) is 0.750. The van der Waals surface area contributed by atoms with Gasteiger partial charge in [-0.1, -0.05) is 26.3 Å². The zero-order chi connectivity index (χ0) is 7.11. The van der Waals surface area contributed by atoms with Crippen molar-refractivity contribution in [3.8, 4) is 0 Å². The summed E-state index contributed by atoms with van der Waals surface area (Å²) >= 11 is 2.43. The Labute approximate surface area is 71.9 Å². The van der Waals surface area contributed by atoms with Crippen molar-refractivity contribution in [3.63, 3.8) is 0 Å². The van der Waals surface area contributed by atoms with Gasteiger partial charge in [0.1, 0.15) is 0 Å². The van der Waals surface area contributed by atoms with Crippen LogP contribution in [-0.2, 0) is 0 Å². The van der Waals surface area contributed by atoms with Crippen LogP contribution in [0, 0.1) is 0 Å². The number of allylic oxidation sites excluding steroid dienone is 2. The summed E-state index contributed by atoms with van der Waals surface area (Å²) in [6, 6.07) is 0. The molecule has 0 unspecified atom stereocenters. The summed E-state index contributed by atoms with van der Waals surface area (Å²) in [5, 5.41) is 0. The maximum atomic E-state index is 2.43. The maximum Gasteiger partial charge on any atom is -0.0134 e. The largest absolute Gasteiger partial charge is 0.0755 e. The monoisotopic (exact) mass is 238 g/mol. The van der Waals surface area contributed by atoms with Gasteiger partial charge >= 0.3 is 0 Å². The minimum Gasteiger partial charge on any atom is -0.0755 e. The Bertz CT molecular complexity index is 84.6. The molecule has 0 fully saturated rings.